The Balaban J connectivity index is 2.28. The second kappa shape index (κ2) is 4.59. The molecule has 0 atom stereocenters. The summed E-state index contributed by atoms with van der Waals surface area (Å²) in [4.78, 5) is 4.04. The number of ether oxygens (including phenoxy) is 1. The molecule has 0 aliphatic heterocycles. The van der Waals surface area contributed by atoms with Crippen molar-refractivity contribution in [1.29, 1.82) is 0 Å². The van der Waals surface area contributed by atoms with Crippen LogP contribution in [0.5, 0.6) is 11.6 Å². The molecule has 1 heterocycles. The number of anilines is 1. The second-order valence-electron chi connectivity index (χ2n) is 3.59. The van der Waals surface area contributed by atoms with E-state index < -0.39 is 5.82 Å². The fourth-order valence-corrected chi connectivity index (χ4v) is 1.49. The van der Waals surface area contributed by atoms with Crippen LogP contribution in [-0.4, -0.2) is 4.98 Å². The molecule has 0 bridgehead atoms. The molecule has 2 N–H and O–H groups in total. The Morgan fingerprint density at radius 1 is 1.35 bits per heavy atom. The number of nitrogens with zero attached hydrogens (tertiary/aromatic N) is 1. The molecule has 0 aliphatic carbocycles. The zero-order valence-electron chi connectivity index (χ0n) is 9.08. The van der Waals surface area contributed by atoms with Crippen molar-refractivity contribution < 1.29 is 9.13 Å². The first kappa shape index (κ1) is 11.7. The Hall–Kier alpha value is -1.81. The first-order valence-corrected chi connectivity index (χ1v) is 5.29. The summed E-state index contributed by atoms with van der Waals surface area (Å²) in [5, 5.41) is -0.00631. The lowest BCUT2D eigenvalue weighted by Crippen LogP contribution is -1.95. The van der Waals surface area contributed by atoms with Gasteiger partial charge in [-0.05, 0) is 30.7 Å². The Labute approximate surface area is 103 Å². The van der Waals surface area contributed by atoms with E-state index in [1.54, 1.807) is 12.3 Å². The predicted octanol–water partition coefficient (Wildman–Crippen LogP) is 3.56. The van der Waals surface area contributed by atoms with Gasteiger partial charge in [0.05, 0.1) is 10.7 Å². The summed E-state index contributed by atoms with van der Waals surface area (Å²) >= 11 is 5.64. The minimum Gasteiger partial charge on any atom is -0.437 e. The van der Waals surface area contributed by atoms with E-state index >= 15 is 0 Å². The minimum absolute atomic E-state index is 0.00631. The van der Waals surface area contributed by atoms with Crippen molar-refractivity contribution in [3.8, 4) is 11.6 Å². The number of benzene rings is 1. The van der Waals surface area contributed by atoms with Crippen LogP contribution < -0.4 is 10.5 Å². The average Bonchev–Trinajstić information content (AvgIpc) is 2.27. The van der Waals surface area contributed by atoms with E-state index in [2.05, 4.69) is 4.98 Å². The third kappa shape index (κ3) is 2.65. The van der Waals surface area contributed by atoms with Crippen LogP contribution in [0, 0.1) is 12.7 Å². The van der Waals surface area contributed by atoms with E-state index in [1.807, 2.05) is 6.92 Å². The Kier molecular flexibility index (Phi) is 3.15. The van der Waals surface area contributed by atoms with Gasteiger partial charge in [-0.3, -0.25) is 0 Å². The lowest BCUT2D eigenvalue weighted by atomic mass is 10.3. The van der Waals surface area contributed by atoms with Crippen molar-refractivity contribution in [3.63, 3.8) is 0 Å². The van der Waals surface area contributed by atoms with Crippen molar-refractivity contribution in [3.05, 3.63) is 46.9 Å². The summed E-state index contributed by atoms with van der Waals surface area (Å²) in [7, 11) is 0. The van der Waals surface area contributed by atoms with Crippen molar-refractivity contribution in [2.45, 2.75) is 6.92 Å². The van der Waals surface area contributed by atoms with Gasteiger partial charge in [0.2, 0.25) is 5.88 Å². The highest BCUT2D eigenvalue weighted by molar-refractivity contribution is 6.30. The monoisotopic (exact) mass is 252 g/mol. The van der Waals surface area contributed by atoms with Gasteiger partial charge in [-0.15, -0.1) is 0 Å². The molecule has 0 radical (unpaired) electrons. The van der Waals surface area contributed by atoms with E-state index in [0.29, 0.717) is 11.4 Å². The second-order valence-corrected chi connectivity index (χ2v) is 3.99. The van der Waals surface area contributed by atoms with E-state index in [9.17, 15) is 4.39 Å². The van der Waals surface area contributed by atoms with Crippen LogP contribution in [0.4, 0.5) is 10.1 Å². The third-order valence-corrected chi connectivity index (χ3v) is 2.41. The fourth-order valence-electron chi connectivity index (χ4n) is 1.32. The normalized spacial score (nSPS) is 10.3. The predicted molar refractivity (Wildman–Crippen MR) is 64.9 cm³/mol. The highest BCUT2D eigenvalue weighted by Crippen LogP contribution is 2.28. The van der Waals surface area contributed by atoms with Crippen molar-refractivity contribution in [2.24, 2.45) is 0 Å². The topological polar surface area (TPSA) is 48.1 Å². The van der Waals surface area contributed by atoms with Crippen LogP contribution in [0.15, 0.2) is 30.5 Å². The van der Waals surface area contributed by atoms with Gasteiger partial charge in [-0.25, -0.2) is 9.37 Å². The van der Waals surface area contributed by atoms with Gasteiger partial charge >= 0.3 is 0 Å². The molecule has 5 heteroatoms. The molecular weight excluding hydrogens is 243 g/mol. The SMILES string of the molecule is Cc1cnc(Oc2ccc(F)c(Cl)c2)c(N)c1. The summed E-state index contributed by atoms with van der Waals surface area (Å²) in [6, 6.07) is 5.80. The highest BCUT2D eigenvalue weighted by Gasteiger charge is 2.06. The molecule has 0 amide bonds. The average molecular weight is 253 g/mol. The Morgan fingerprint density at radius 2 is 2.12 bits per heavy atom. The zero-order valence-corrected chi connectivity index (χ0v) is 9.83. The van der Waals surface area contributed by atoms with Gasteiger partial charge < -0.3 is 10.5 Å². The Morgan fingerprint density at radius 3 is 2.76 bits per heavy atom. The largest absolute Gasteiger partial charge is 0.437 e. The molecule has 0 saturated heterocycles. The fraction of sp³-hybridized carbons (Fsp3) is 0.0833. The quantitative estimate of drug-likeness (QED) is 0.889. The molecule has 17 heavy (non-hydrogen) atoms. The Bertz CT molecular complexity index is 560. The number of hydrogen-bond donors (Lipinski definition) is 1. The number of aryl methyl sites for hydroxylation is 1. The molecule has 88 valence electrons. The number of halogens is 2. The van der Waals surface area contributed by atoms with E-state index in [4.69, 9.17) is 22.1 Å². The maximum absolute atomic E-state index is 12.9. The number of rotatable bonds is 2. The van der Waals surface area contributed by atoms with E-state index in [1.165, 1.54) is 18.2 Å². The summed E-state index contributed by atoms with van der Waals surface area (Å²) in [5.41, 5.74) is 7.10. The van der Waals surface area contributed by atoms with Crippen LogP contribution in [0.1, 0.15) is 5.56 Å². The van der Waals surface area contributed by atoms with Crippen molar-refractivity contribution >= 4 is 17.3 Å². The first-order valence-electron chi connectivity index (χ1n) is 4.91. The van der Waals surface area contributed by atoms with Gasteiger partial charge in [0.15, 0.2) is 0 Å². The molecule has 2 aromatic rings. The van der Waals surface area contributed by atoms with Crippen LogP contribution in [0.2, 0.25) is 5.02 Å². The number of aromatic nitrogens is 1. The molecule has 3 nitrogen and oxygen atoms in total. The number of pyridine rings is 1. The van der Waals surface area contributed by atoms with Gasteiger partial charge in [0, 0.05) is 12.3 Å². The summed E-state index contributed by atoms with van der Waals surface area (Å²) in [5.74, 6) is 0.168. The molecule has 2 rings (SSSR count). The number of nitrogens with two attached hydrogens (primary N) is 1. The van der Waals surface area contributed by atoms with Gasteiger partial charge in [-0.1, -0.05) is 11.6 Å². The summed E-state index contributed by atoms with van der Waals surface area (Å²) in [6.07, 6.45) is 1.64. The molecule has 0 saturated carbocycles. The van der Waals surface area contributed by atoms with E-state index in [0.717, 1.165) is 5.56 Å². The third-order valence-electron chi connectivity index (χ3n) is 2.12. The zero-order chi connectivity index (χ0) is 12.4. The van der Waals surface area contributed by atoms with Gasteiger partial charge in [0.1, 0.15) is 11.6 Å². The minimum atomic E-state index is -0.496. The molecule has 0 fully saturated rings. The lowest BCUT2D eigenvalue weighted by molar-refractivity contribution is 0.463. The number of nitrogen functional groups attached to an aromatic ring is 1. The van der Waals surface area contributed by atoms with Crippen LogP contribution in [0.25, 0.3) is 0 Å². The highest BCUT2D eigenvalue weighted by atomic mass is 35.5. The standard InChI is InChI=1S/C12H10ClFN2O/c1-7-4-11(15)12(16-6-7)17-8-2-3-10(14)9(13)5-8/h2-6H,15H2,1H3. The maximum atomic E-state index is 12.9. The van der Waals surface area contributed by atoms with E-state index in [-0.39, 0.29) is 10.9 Å². The molecule has 0 aliphatic rings. The lowest BCUT2D eigenvalue weighted by Gasteiger charge is -2.08. The van der Waals surface area contributed by atoms with Crippen molar-refractivity contribution in [1.82, 2.24) is 4.98 Å². The number of hydrogen-bond acceptors (Lipinski definition) is 3. The summed E-state index contributed by atoms with van der Waals surface area (Å²) in [6.45, 7) is 1.88. The maximum Gasteiger partial charge on any atom is 0.242 e. The smallest absolute Gasteiger partial charge is 0.242 e. The van der Waals surface area contributed by atoms with Gasteiger partial charge in [-0.2, -0.15) is 0 Å². The molecule has 0 unspecified atom stereocenters. The molecule has 1 aromatic heterocycles. The van der Waals surface area contributed by atoms with Gasteiger partial charge in [0.25, 0.3) is 0 Å². The summed E-state index contributed by atoms with van der Waals surface area (Å²) < 4.78 is 18.4. The van der Waals surface area contributed by atoms with Crippen LogP contribution in [-0.2, 0) is 0 Å². The van der Waals surface area contributed by atoms with Crippen LogP contribution >= 0.6 is 11.6 Å². The first-order chi connectivity index (χ1) is 8.06. The van der Waals surface area contributed by atoms with Crippen molar-refractivity contribution in [2.75, 3.05) is 5.73 Å². The molecular formula is C12H10ClFN2O. The molecule has 1 aromatic carbocycles. The molecule has 0 spiro atoms. The van der Waals surface area contributed by atoms with Crippen LogP contribution in [0.3, 0.4) is 0 Å².